The van der Waals surface area contributed by atoms with Crippen LogP contribution >= 0.6 is 0 Å². The Hall–Kier alpha value is -3.27. The van der Waals surface area contributed by atoms with Gasteiger partial charge in [-0.2, -0.15) is 4.40 Å². The standard InChI is InChI=1S/C22H20NO3/c1-24-19-8-5-16(6-9-19)15-26-20-10-7-17-14-23-11-3-4-22(25-2)21(23)13-18(17)12-20/h3-14H,15H2,1-2H3/q+1. The number of methoxy groups -OCH3 is 2. The molecule has 4 rings (SSSR count). The maximum Gasteiger partial charge on any atom is 0.253 e. The molecule has 0 aliphatic heterocycles. The first-order chi connectivity index (χ1) is 12.8. The largest absolute Gasteiger partial charge is 0.497 e. The topological polar surface area (TPSA) is 31.8 Å². The first kappa shape index (κ1) is 16.2. The van der Waals surface area contributed by atoms with Crippen LogP contribution in [0.5, 0.6) is 17.2 Å². The summed E-state index contributed by atoms with van der Waals surface area (Å²) in [7, 11) is 3.35. The van der Waals surface area contributed by atoms with Crippen molar-refractivity contribution in [3.8, 4) is 17.2 Å². The summed E-state index contributed by atoms with van der Waals surface area (Å²) >= 11 is 0. The van der Waals surface area contributed by atoms with Gasteiger partial charge in [-0.25, -0.2) is 0 Å². The lowest BCUT2D eigenvalue weighted by atomic mass is 10.1. The number of hydrogen-bond acceptors (Lipinski definition) is 3. The molecule has 0 fully saturated rings. The van der Waals surface area contributed by atoms with Crippen molar-refractivity contribution in [2.75, 3.05) is 14.2 Å². The molecule has 0 spiro atoms. The predicted molar refractivity (Wildman–Crippen MR) is 101 cm³/mol. The van der Waals surface area contributed by atoms with Gasteiger partial charge >= 0.3 is 0 Å². The van der Waals surface area contributed by atoms with Crippen LogP contribution in [0.4, 0.5) is 0 Å². The van der Waals surface area contributed by atoms with E-state index in [2.05, 4.69) is 28.8 Å². The molecule has 4 aromatic rings. The molecule has 0 saturated carbocycles. The molecule has 2 aromatic heterocycles. The number of ether oxygens (including phenoxy) is 3. The van der Waals surface area contributed by atoms with Crippen LogP contribution in [0, 0.1) is 0 Å². The van der Waals surface area contributed by atoms with E-state index in [4.69, 9.17) is 14.2 Å². The molecular formula is C22H20NO3+. The third kappa shape index (κ3) is 3.14. The summed E-state index contributed by atoms with van der Waals surface area (Å²) in [6, 6.07) is 20.1. The molecule has 0 aliphatic rings. The number of hydrogen-bond donors (Lipinski definition) is 0. The lowest BCUT2D eigenvalue weighted by molar-refractivity contribution is -0.510. The summed E-state index contributed by atoms with van der Waals surface area (Å²) in [5.41, 5.74) is 2.12. The van der Waals surface area contributed by atoms with Gasteiger partial charge in [-0.3, -0.25) is 0 Å². The van der Waals surface area contributed by atoms with E-state index in [1.54, 1.807) is 14.2 Å². The van der Waals surface area contributed by atoms with Crippen LogP contribution in [0.1, 0.15) is 5.56 Å². The van der Waals surface area contributed by atoms with Crippen LogP contribution in [-0.4, -0.2) is 14.2 Å². The molecule has 2 aromatic carbocycles. The molecule has 0 radical (unpaired) electrons. The van der Waals surface area contributed by atoms with E-state index in [1.165, 1.54) is 0 Å². The number of rotatable bonds is 5. The van der Waals surface area contributed by atoms with Gasteiger partial charge in [0.05, 0.1) is 14.2 Å². The minimum atomic E-state index is 0.515. The Morgan fingerprint density at radius 2 is 1.62 bits per heavy atom. The molecule has 0 saturated heterocycles. The monoisotopic (exact) mass is 346 g/mol. The number of fused-ring (bicyclic) bond motifs is 2. The molecule has 0 amide bonds. The van der Waals surface area contributed by atoms with Crippen LogP contribution in [-0.2, 0) is 6.61 Å². The van der Waals surface area contributed by atoms with E-state index in [0.717, 1.165) is 39.1 Å². The lowest BCUT2D eigenvalue weighted by Gasteiger charge is -2.08. The van der Waals surface area contributed by atoms with Gasteiger partial charge in [0.25, 0.3) is 5.52 Å². The van der Waals surface area contributed by atoms with Crippen LogP contribution in [0.15, 0.2) is 73.1 Å². The van der Waals surface area contributed by atoms with E-state index in [9.17, 15) is 0 Å². The van der Waals surface area contributed by atoms with Crippen LogP contribution < -0.4 is 18.6 Å². The van der Waals surface area contributed by atoms with E-state index < -0.39 is 0 Å². The summed E-state index contributed by atoms with van der Waals surface area (Å²) in [6.45, 7) is 0.515. The number of benzene rings is 2. The molecule has 130 valence electrons. The van der Waals surface area contributed by atoms with E-state index in [0.29, 0.717) is 6.61 Å². The molecule has 26 heavy (non-hydrogen) atoms. The highest BCUT2D eigenvalue weighted by Crippen LogP contribution is 2.24. The van der Waals surface area contributed by atoms with Crippen molar-refractivity contribution in [3.05, 3.63) is 78.6 Å². The van der Waals surface area contributed by atoms with Gasteiger partial charge in [0.15, 0.2) is 18.1 Å². The van der Waals surface area contributed by atoms with Gasteiger partial charge in [0.2, 0.25) is 0 Å². The van der Waals surface area contributed by atoms with Gasteiger partial charge in [-0.05, 0) is 47.3 Å². The first-order valence-corrected chi connectivity index (χ1v) is 8.44. The second kappa shape index (κ2) is 6.92. The van der Waals surface area contributed by atoms with Crippen LogP contribution in [0.3, 0.4) is 0 Å². The van der Waals surface area contributed by atoms with Crippen molar-refractivity contribution in [2.24, 2.45) is 0 Å². The maximum atomic E-state index is 5.96. The number of aromatic nitrogens is 1. The van der Waals surface area contributed by atoms with Crippen molar-refractivity contribution in [2.45, 2.75) is 6.61 Å². The van der Waals surface area contributed by atoms with Crippen LogP contribution in [0.25, 0.3) is 16.3 Å². The highest BCUT2D eigenvalue weighted by Gasteiger charge is 2.11. The SMILES string of the molecule is COc1ccc(COc2ccc3c[n+]4cccc(OC)c4cc3c2)cc1. The van der Waals surface area contributed by atoms with Crippen LogP contribution in [0.2, 0.25) is 0 Å². The Morgan fingerprint density at radius 1 is 0.808 bits per heavy atom. The average molecular weight is 346 g/mol. The fraction of sp³-hybridized carbons (Fsp3) is 0.136. The molecule has 0 bridgehead atoms. The predicted octanol–water partition coefficient (Wildman–Crippen LogP) is 4.17. The normalized spacial score (nSPS) is 10.8. The Morgan fingerprint density at radius 3 is 2.38 bits per heavy atom. The molecule has 0 aliphatic carbocycles. The van der Waals surface area contributed by atoms with Crippen molar-refractivity contribution in [1.29, 1.82) is 0 Å². The highest BCUT2D eigenvalue weighted by molar-refractivity contribution is 5.86. The first-order valence-electron chi connectivity index (χ1n) is 8.44. The summed E-state index contributed by atoms with van der Waals surface area (Å²) in [5.74, 6) is 2.53. The maximum absolute atomic E-state index is 5.96. The Bertz CT molecular complexity index is 1060. The zero-order valence-electron chi connectivity index (χ0n) is 14.8. The third-order valence-corrected chi connectivity index (χ3v) is 4.44. The van der Waals surface area contributed by atoms with Gasteiger partial charge in [-0.1, -0.05) is 12.1 Å². The smallest absolute Gasteiger partial charge is 0.253 e. The van der Waals surface area contributed by atoms with Crippen molar-refractivity contribution >= 4 is 16.3 Å². The zero-order valence-corrected chi connectivity index (χ0v) is 14.8. The summed E-state index contributed by atoms with van der Waals surface area (Å²) in [6.07, 6.45) is 4.12. The molecule has 0 atom stereocenters. The molecule has 4 heteroatoms. The zero-order chi connectivity index (χ0) is 17.9. The molecule has 0 N–H and O–H groups in total. The quantitative estimate of drug-likeness (QED) is 0.401. The molecular weight excluding hydrogens is 326 g/mol. The Kier molecular flexibility index (Phi) is 4.32. The van der Waals surface area contributed by atoms with Gasteiger partial charge in [-0.15, -0.1) is 0 Å². The van der Waals surface area contributed by atoms with Gasteiger partial charge < -0.3 is 14.2 Å². The fourth-order valence-electron chi connectivity index (χ4n) is 3.02. The van der Waals surface area contributed by atoms with Gasteiger partial charge in [0.1, 0.15) is 18.1 Å². The second-order valence-electron chi connectivity index (χ2n) is 6.07. The fourth-order valence-corrected chi connectivity index (χ4v) is 3.02. The molecule has 4 nitrogen and oxygen atoms in total. The van der Waals surface area contributed by atoms with E-state index in [-0.39, 0.29) is 0 Å². The summed E-state index contributed by atoms with van der Waals surface area (Å²) in [5, 5.41) is 2.26. The average Bonchev–Trinajstić information content (AvgIpc) is 2.70. The Labute approximate surface area is 152 Å². The highest BCUT2D eigenvalue weighted by atomic mass is 16.5. The van der Waals surface area contributed by atoms with Crippen molar-refractivity contribution in [1.82, 2.24) is 0 Å². The summed E-state index contributed by atoms with van der Waals surface area (Å²) < 4.78 is 18.7. The second-order valence-corrected chi connectivity index (χ2v) is 6.07. The third-order valence-electron chi connectivity index (χ3n) is 4.44. The van der Waals surface area contributed by atoms with E-state index in [1.807, 2.05) is 48.7 Å². The summed E-state index contributed by atoms with van der Waals surface area (Å²) in [4.78, 5) is 0. The Balaban J connectivity index is 1.62. The molecule has 0 unspecified atom stereocenters. The molecule has 2 heterocycles. The van der Waals surface area contributed by atoms with Crippen molar-refractivity contribution in [3.63, 3.8) is 0 Å². The number of nitrogens with zero attached hydrogens (tertiary/aromatic N) is 1. The lowest BCUT2D eigenvalue weighted by Crippen LogP contribution is -2.20. The van der Waals surface area contributed by atoms with E-state index >= 15 is 0 Å². The minimum absolute atomic E-state index is 0.515. The number of pyridine rings is 2. The van der Waals surface area contributed by atoms with Crippen molar-refractivity contribution < 1.29 is 18.6 Å². The van der Waals surface area contributed by atoms with Gasteiger partial charge in [0, 0.05) is 17.5 Å². The minimum Gasteiger partial charge on any atom is -0.497 e.